The van der Waals surface area contributed by atoms with Crippen LogP contribution in [0.1, 0.15) is 0 Å². The molecule has 24 rings (SSSR count). The minimum absolute atomic E-state index is 0.989. The van der Waals surface area contributed by atoms with E-state index in [4.69, 9.17) is 4.98 Å². The molecule has 0 aliphatic carbocycles. The summed E-state index contributed by atoms with van der Waals surface area (Å²) < 4.78 is 6.97. The van der Waals surface area contributed by atoms with Crippen molar-refractivity contribution in [2.75, 3.05) is 29.4 Å². The predicted molar refractivity (Wildman–Crippen MR) is 566 cm³/mol. The number of para-hydroxylation sites is 13. The molecule has 19 aromatic carbocycles. The quantitative estimate of drug-likeness (QED) is 0.0705. The second-order valence-electron chi connectivity index (χ2n) is 33.0. The van der Waals surface area contributed by atoms with Gasteiger partial charge in [-0.1, -0.05) is 237 Å². The van der Waals surface area contributed by atoms with Gasteiger partial charge in [0.05, 0.1) is 38.6 Å². The Morgan fingerprint density at radius 3 is 0.652 bits per heavy atom. The Labute approximate surface area is 785 Å². The van der Waals surface area contributed by atoms with Crippen molar-refractivity contribution in [2.45, 2.75) is 0 Å². The van der Waals surface area contributed by atoms with Gasteiger partial charge in [0, 0.05) is 165 Å². The summed E-state index contributed by atoms with van der Waals surface area (Å²) in [4.78, 5) is 23.2. The number of rotatable bonds is 21. The fourth-order valence-electron chi connectivity index (χ4n) is 18.8. The summed E-state index contributed by atoms with van der Waals surface area (Å²) in [5.41, 5.74) is 31.1. The Balaban J connectivity index is 0.000000118. The van der Waals surface area contributed by atoms with Gasteiger partial charge in [-0.05, 0) is 297 Å². The number of benzene rings is 19. The molecule has 0 atom stereocenters. The Hall–Kier alpha value is -18.3. The molecule has 11 nitrogen and oxygen atoms in total. The standard InChI is InChI=1S/C42H31N3.2C41H30N4/c1-5-15-32(16-6-1)43(33-17-7-2-8-18-33)36-25-27-37(28-26-36)44(34-19-9-3-10-20-34)38-29-30-42-40(31-38)39-23-13-14-24-41(39)45(42)35-21-11-4-12-22-35;1-5-14-31(15-6-1)43(32-16-7-2-8-17-32)35-23-25-36(26-24-35)44(33-18-9-3-10-19-33)37-27-28-39-38(30-37)41-40(22-13-29-42-41)45(39)34-20-11-4-12-21-34;1-5-13-31(14-6-1)43(32-15-7-2-8-16-32)35-21-23-36(24-22-35)44(33-17-9-3-10-18-33)37-25-26-40-38(29-37)39-30-42-28-27-41(39)45(40)34-19-11-4-12-20-34/h1-31H;2*1-30H. The first-order valence-electron chi connectivity index (χ1n) is 45.6. The van der Waals surface area contributed by atoms with Crippen LogP contribution in [0.15, 0.2) is 552 Å². The lowest BCUT2D eigenvalue weighted by molar-refractivity contribution is 1.17. The summed E-state index contributed by atoms with van der Waals surface area (Å²) in [6.07, 6.45) is 5.72. The summed E-state index contributed by atoms with van der Waals surface area (Å²) in [7, 11) is 0. The fraction of sp³-hybridized carbons (Fsp3) is 0. The van der Waals surface area contributed by atoms with Crippen molar-refractivity contribution >= 4 is 168 Å². The van der Waals surface area contributed by atoms with Gasteiger partial charge in [-0.2, -0.15) is 0 Å². The lowest BCUT2D eigenvalue weighted by Crippen LogP contribution is -2.12. The van der Waals surface area contributed by atoms with Crippen molar-refractivity contribution < 1.29 is 0 Å². The van der Waals surface area contributed by atoms with Gasteiger partial charge in [0.15, 0.2) is 0 Å². The van der Waals surface area contributed by atoms with Crippen LogP contribution in [0.2, 0.25) is 0 Å². The third kappa shape index (κ3) is 16.6. The average Bonchev–Trinajstić information content (AvgIpc) is 1.61. The number of fused-ring (bicyclic) bond motifs is 9. The maximum atomic E-state index is 4.85. The third-order valence-electron chi connectivity index (χ3n) is 24.8. The van der Waals surface area contributed by atoms with Gasteiger partial charge in [-0.15, -0.1) is 0 Å². The SMILES string of the molecule is c1ccc(N(c2ccccc2)c2ccc(N(c3ccccc3)c3ccc4c(c3)c3ccccc3n4-c3ccccc3)cc2)cc1.c1ccc(N(c2ccccc2)c2ccc(N(c3ccccc3)c3ccc4c(c3)c3cnccc3n4-c3ccccc3)cc2)cc1.c1ccc(N(c2ccccc2)c2ccc(N(c3ccccc3)c3ccc4c(c3)c3ncccc3n4-c3ccccc3)cc2)cc1. The number of hydrogen-bond donors (Lipinski definition) is 0. The molecule has 0 bridgehead atoms. The van der Waals surface area contributed by atoms with Crippen LogP contribution in [0, 0.1) is 0 Å². The maximum absolute atomic E-state index is 4.85. The molecule has 11 heteroatoms. The fourth-order valence-corrected chi connectivity index (χ4v) is 18.8. The first-order chi connectivity index (χ1) is 67.0. The van der Waals surface area contributed by atoms with E-state index in [-0.39, 0.29) is 0 Å². The normalized spacial score (nSPS) is 11.1. The van der Waals surface area contributed by atoms with Crippen LogP contribution >= 0.6 is 0 Å². The monoisotopic (exact) mass is 1730 g/mol. The van der Waals surface area contributed by atoms with Crippen LogP contribution in [0.3, 0.4) is 0 Å². The molecule has 5 aromatic heterocycles. The van der Waals surface area contributed by atoms with Gasteiger partial charge >= 0.3 is 0 Å². The zero-order valence-electron chi connectivity index (χ0n) is 74.0. The van der Waals surface area contributed by atoms with Crippen molar-refractivity contribution in [3.8, 4) is 17.1 Å². The largest absolute Gasteiger partial charge is 0.311 e. The van der Waals surface area contributed by atoms with Gasteiger partial charge in [0.2, 0.25) is 0 Å². The average molecular weight is 1740 g/mol. The van der Waals surface area contributed by atoms with Crippen molar-refractivity contribution in [3.05, 3.63) is 552 Å². The highest BCUT2D eigenvalue weighted by Gasteiger charge is 2.25. The van der Waals surface area contributed by atoms with Gasteiger partial charge in [-0.25, -0.2) is 0 Å². The maximum Gasteiger partial charge on any atom is 0.0964 e. The zero-order valence-corrected chi connectivity index (χ0v) is 74.0. The topological polar surface area (TPSA) is 60.0 Å². The molecule has 0 aliphatic rings. The lowest BCUT2D eigenvalue weighted by Gasteiger charge is -2.28. The molecular weight excluding hydrogens is 1640 g/mol. The van der Waals surface area contributed by atoms with Crippen molar-refractivity contribution in [1.29, 1.82) is 0 Å². The molecule has 0 radical (unpaired) electrons. The highest BCUT2D eigenvalue weighted by Crippen LogP contribution is 2.48. The molecule has 0 unspecified atom stereocenters. The summed E-state index contributed by atoms with van der Waals surface area (Å²) in [5.74, 6) is 0. The molecule has 5 heterocycles. The Bertz CT molecular complexity index is 7220. The molecule has 0 amide bonds. The highest BCUT2D eigenvalue weighted by atomic mass is 15.2. The second kappa shape index (κ2) is 37.8. The first kappa shape index (κ1) is 82.4. The molecular formula is C124H91N11. The van der Waals surface area contributed by atoms with Crippen LogP contribution in [0.25, 0.3) is 82.6 Å². The van der Waals surface area contributed by atoms with E-state index in [1.165, 1.54) is 21.8 Å². The van der Waals surface area contributed by atoms with Crippen molar-refractivity contribution in [2.24, 2.45) is 0 Å². The molecule has 24 aromatic rings. The van der Waals surface area contributed by atoms with E-state index in [2.05, 4.69) is 576 Å². The van der Waals surface area contributed by atoms with E-state index < -0.39 is 0 Å². The summed E-state index contributed by atoms with van der Waals surface area (Å²) in [5, 5.41) is 5.87. The smallest absolute Gasteiger partial charge is 0.0964 e. The molecule has 0 saturated carbocycles. The van der Waals surface area contributed by atoms with Crippen LogP contribution < -0.4 is 29.4 Å². The molecule has 0 fully saturated rings. The summed E-state index contributed by atoms with van der Waals surface area (Å²) in [6, 6.07) is 188. The van der Waals surface area contributed by atoms with Crippen LogP contribution in [-0.2, 0) is 0 Å². The summed E-state index contributed by atoms with van der Waals surface area (Å²) in [6.45, 7) is 0. The van der Waals surface area contributed by atoms with Gasteiger partial charge < -0.3 is 43.1 Å². The molecule has 642 valence electrons. The number of nitrogens with zero attached hydrogens (tertiary/aromatic N) is 11. The van der Waals surface area contributed by atoms with Gasteiger partial charge in [-0.3, -0.25) is 9.97 Å². The Morgan fingerprint density at radius 2 is 0.348 bits per heavy atom. The van der Waals surface area contributed by atoms with Crippen molar-refractivity contribution in [1.82, 2.24) is 23.7 Å². The van der Waals surface area contributed by atoms with Crippen LogP contribution in [0.4, 0.5) is 102 Å². The van der Waals surface area contributed by atoms with Gasteiger partial charge in [0.25, 0.3) is 0 Å². The Morgan fingerprint density at radius 1 is 0.141 bits per heavy atom. The van der Waals surface area contributed by atoms with Gasteiger partial charge in [0.1, 0.15) is 0 Å². The zero-order chi connectivity index (χ0) is 90.0. The molecule has 135 heavy (non-hydrogen) atoms. The van der Waals surface area contributed by atoms with E-state index in [9.17, 15) is 0 Å². The molecule has 0 spiro atoms. The predicted octanol–water partition coefficient (Wildman–Crippen LogP) is 34.0. The Kier molecular flexibility index (Phi) is 23.0. The van der Waals surface area contributed by atoms with E-state index in [0.717, 1.165) is 163 Å². The third-order valence-corrected chi connectivity index (χ3v) is 24.8. The number of pyridine rings is 2. The minimum atomic E-state index is 0.989. The van der Waals surface area contributed by atoms with E-state index in [0.29, 0.717) is 0 Å². The van der Waals surface area contributed by atoms with E-state index in [1.807, 2.05) is 24.7 Å². The second-order valence-corrected chi connectivity index (χ2v) is 33.0. The molecule has 0 aliphatic heterocycles. The van der Waals surface area contributed by atoms with E-state index in [1.54, 1.807) is 0 Å². The van der Waals surface area contributed by atoms with Crippen molar-refractivity contribution in [3.63, 3.8) is 0 Å². The number of aromatic nitrogens is 5. The number of hydrogen-bond acceptors (Lipinski definition) is 8. The molecule has 0 N–H and O–H groups in total. The lowest BCUT2D eigenvalue weighted by atomic mass is 10.1. The first-order valence-corrected chi connectivity index (χ1v) is 45.6. The minimum Gasteiger partial charge on any atom is -0.311 e. The van der Waals surface area contributed by atoms with Crippen LogP contribution in [0.5, 0.6) is 0 Å². The highest BCUT2D eigenvalue weighted by molar-refractivity contribution is 6.13. The number of anilines is 18. The van der Waals surface area contributed by atoms with Crippen LogP contribution in [-0.4, -0.2) is 23.7 Å². The summed E-state index contributed by atoms with van der Waals surface area (Å²) >= 11 is 0. The van der Waals surface area contributed by atoms with E-state index >= 15 is 0 Å². The molecule has 0 saturated heterocycles.